The third-order valence-electron chi connectivity index (χ3n) is 2.49. The molecule has 6 heteroatoms. The zero-order valence-electron chi connectivity index (χ0n) is 10.00. The average molecular weight is 390 g/mol. The van der Waals surface area contributed by atoms with E-state index in [1.165, 1.54) is 9.64 Å². The van der Waals surface area contributed by atoms with E-state index in [0.717, 1.165) is 0 Å². The Morgan fingerprint density at radius 3 is 2.21 bits per heavy atom. The molecule has 19 heavy (non-hydrogen) atoms. The third-order valence-corrected chi connectivity index (χ3v) is 4.46. The third kappa shape index (κ3) is 3.01. The first-order valence-corrected chi connectivity index (χ1v) is 7.88. The minimum Gasteiger partial charge on any atom is -0.503 e. The fourth-order valence-electron chi connectivity index (χ4n) is 1.53. The second-order valence-corrected chi connectivity index (χ2v) is 6.65. The van der Waals surface area contributed by atoms with Crippen LogP contribution in [0.3, 0.4) is 0 Å². The van der Waals surface area contributed by atoms with Crippen LogP contribution in [-0.4, -0.2) is 13.5 Å². The van der Waals surface area contributed by atoms with Gasteiger partial charge in [0.2, 0.25) is 0 Å². The Balaban J connectivity index is 0.000000163. The lowest BCUT2D eigenvalue weighted by Gasteiger charge is -1.95. The lowest BCUT2D eigenvalue weighted by atomic mass is 10.2. The maximum atomic E-state index is 11.1. The Morgan fingerprint density at radius 1 is 1.11 bits per heavy atom. The van der Waals surface area contributed by atoms with E-state index in [4.69, 9.17) is 0 Å². The SMILES string of the molecule is Cc1ccc2c(O)c1OS2(=O)=O.Ic1ccccc1. The van der Waals surface area contributed by atoms with Crippen LogP contribution in [0.2, 0.25) is 0 Å². The van der Waals surface area contributed by atoms with Crippen LogP contribution in [0.25, 0.3) is 0 Å². The number of hydrogen-bond acceptors (Lipinski definition) is 4. The number of halogens is 1. The summed E-state index contributed by atoms with van der Waals surface area (Å²) in [4.78, 5) is -0.150. The van der Waals surface area contributed by atoms with Crippen LogP contribution in [-0.2, 0) is 10.1 Å². The van der Waals surface area contributed by atoms with E-state index in [1.54, 1.807) is 13.0 Å². The van der Waals surface area contributed by atoms with E-state index >= 15 is 0 Å². The molecule has 1 N–H and O–H groups in total. The lowest BCUT2D eigenvalue weighted by Crippen LogP contribution is -2.01. The van der Waals surface area contributed by atoms with E-state index in [2.05, 4.69) is 38.9 Å². The van der Waals surface area contributed by atoms with Gasteiger partial charge >= 0.3 is 10.1 Å². The molecule has 3 rings (SSSR count). The van der Waals surface area contributed by atoms with Crippen LogP contribution < -0.4 is 4.18 Å². The summed E-state index contributed by atoms with van der Waals surface area (Å²) in [6.07, 6.45) is 0. The largest absolute Gasteiger partial charge is 0.503 e. The molecule has 0 fully saturated rings. The molecule has 1 heterocycles. The van der Waals surface area contributed by atoms with E-state index < -0.39 is 10.1 Å². The van der Waals surface area contributed by atoms with Crippen molar-refractivity contribution in [3.63, 3.8) is 0 Å². The van der Waals surface area contributed by atoms with Crippen LogP contribution >= 0.6 is 22.6 Å². The summed E-state index contributed by atoms with van der Waals surface area (Å²) in [5, 5.41) is 9.28. The maximum absolute atomic E-state index is 11.1. The number of hydrogen-bond donors (Lipinski definition) is 1. The van der Waals surface area contributed by atoms with Crippen LogP contribution in [0.1, 0.15) is 5.56 Å². The Hall–Kier alpha value is -1.28. The van der Waals surface area contributed by atoms with Gasteiger partial charge in [-0.05, 0) is 53.3 Å². The molecular weight excluding hydrogens is 379 g/mol. The highest BCUT2D eigenvalue weighted by Crippen LogP contribution is 2.43. The summed E-state index contributed by atoms with van der Waals surface area (Å²) < 4.78 is 28.0. The van der Waals surface area contributed by atoms with Crippen molar-refractivity contribution >= 4 is 32.7 Å². The molecule has 0 radical (unpaired) electrons. The average Bonchev–Trinajstić information content (AvgIpc) is 2.50. The van der Waals surface area contributed by atoms with Crippen LogP contribution in [0.4, 0.5) is 0 Å². The highest BCUT2D eigenvalue weighted by atomic mass is 127. The molecule has 1 aliphatic rings. The molecule has 2 aromatic carbocycles. The summed E-state index contributed by atoms with van der Waals surface area (Å²) in [7, 11) is -3.72. The van der Waals surface area contributed by atoms with Gasteiger partial charge in [0.25, 0.3) is 0 Å². The smallest absolute Gasteiger partial charge is 0.343 e. The molecule has 0 unspecified atom stereocenters. The predicted molar refractivity (Wildman–Crippen MR) is 79.8 cm³/mol. The van der Waals surface area contributed by atoms with E-state index in [0.29, 0.717) is 5.56 Å². The summed E-state index contributed by atoms with van der Waals surface area (Å²) in [6, 6.07) is 13.1. The molecule has 0 spiro atoms. The Bertz CT molecular complexity index is 696. The highest BCUT2D eigenvalue weighted by molar-refractivity contribution is 14.1. The first-order chi connectivity index (χ1) is 8.92. The Kier molecular flexibility index (Phi) is 4.00. The molecule has 1 aliphatic heterocycles. The fourth-order valence-corrected chi connectivity index (χ4v) is 3.03. The molecule has 100 valence electrons. The van der Waals surface area contributed by atoms with Crippen molar-refractivity contribution in [2.45, 2.75) is 11.8 Å². The zero-order valence-corrected chi connectivity index (χ0v) is 13.0. The second-order valence-electron chi connectivity index (χ2n) is 3.89. The van der Waals surface area contributed by atoms with Crippen molar-refractivity contribution in [3.05, 3.63) is 51.6 Å². The maximum Gasteiger partial charge on any atom is 0.343 e. The van der Waals surface area contributed by atoms with E-state index in [1.807, 2.05) is 18.2 Å². The van der Waals surface area contributed by atoms with Gasteiger partial charge in [0.1, 0.15) is 0 Å². The normalized spacial score (nSPS) is 14.2. The predicted octanol–water partition coefficient (Wildman–Crippen LogP) is 3.07. The Labute approximate surface area is 125 Å². The monoisotopic (exact) mass is 390 g/mol. The second kappa shape index (κ2) is 5.38. The highest BCUT2D eigenvalue weighted by Gasteiger charge is 2.33. The van der Waals surface area contributed by atoms with Gasteiger partial charge in [-0.3, -0.25) is 0 Å². The van der Waals surface area contributed by atoms with Crippen molar-refractivity contribution in [3.8, 4) is 11.5 Å². The first-order valence-electron chi connectivity index (χ1n) is 5.39. The molecule has 4 nitrogen and oxygen atoms in total. The van der Waals surface area contributed by atoms with Gasteiger partial charge in [0, 0.05) is 3.57 Å². The number of phenols is 1. The van der Waals surface area contributed by atoms with Crippen molar-refractivity contribution < 1.29 is 17.7 Å². The van der Waals surface area contributed by atoms with Crippen LogP contribution in [0, 0.1) is 10.5 Å². The van der Waals surface area contributed by atoms with Crippen LogP contribution in [0.5, 0.6) is 11.5 Å². The molecule has 0 aromatic heterocycles. The molecule has 0 aliphatic carbocycles. The summed E-state index contributed by atoms with van der Waals surface area (Å²) in [5.41, 5.74) is 0.609. The van der Waals surface area contributed by atoms with Crippen molar-refractivity contribution in [1.29, 1.82) is 0 Å². The number of benzene rings is 2. The summed E-state index contributed by atoms with van der Waals surface area (Å²) in [5.74, 6) is -0.234. The topological polar surface area (TPSA) is 63.6 Å². The summed E-state index contributed by atoms with van der Waals surface area (Å²) >= 11 is 2.28. The van der Waals surface area contributed by atoms with Crippen molar-refractivity contribution in [2.24, 2.45) is 0 Å². The van der Waals surface area contributed by atoms with Crippen LogP contribution in [0.15, 0.2) is 47.4 Å². The Morgan fingerprint density at radius 2 is 1.74 bits per heavy atom. The van der Waals surface area contributed by atoms with Crippen molar-refractivity contribution in [1.82, 2.24) is 0 Å². The summed E-state index contributed by atoms with van der Waals surface area (Å²) in [6.45, 7) is 1.67. The number of phenolic OH excluding ortho intramolecular Hbond substituents is 1. The molecule has 0 saturated carbocycles. The molecular formula is C13H11IO4S. The van der Waals surface area contributed by atoms with Gasteiger partial charge < -0.3 is 9.29 Å². The quantitative estimate of drug-likeness (QED) is 0.555. The standard InChI is InChI=1S/C7H6O4S.C6H5I/c1-4-2-3-5-6(8)7(4)11-12(5,9)10;7-6-4-2-1-3-5-6/h2-3,8H,1H3;1-5H. The van der Waals surface area contributed by atoms with Gasteiger partial charge in [0.05, 0.1) is 0 Å². The van der Waals surface area contributed by atoms with E-state index in [-0.39, 0.29) is 16.4 Å². The number of aromatic hydroxyl groups is 1. The van der Waals surface area contributed by atoms with Gasteiger partial charge in [-0.2, -0.15) is 8.42 Å². The minimum atomic E-state index is -3.72. The molecule has 2 bridgehead atoms. The molecule has 2 aromatic rings. The van der Waals surface area contributed by atoms with E-state index in [9.17, 15) is 13.5 Å². The van der Waals surface area contributed by atoms with Gasteiger partial charge in [-0.15, -0.1) is 0 Å². The van der Waals surface area contributed by atoms with Gasteiger partial charge in [0.15, 0.2) is 16.4 Å². The number of fused-ring (bicyclic) bond motifs is 2. The molecule has 0 saturated heterocycles. The van der Waals surface area contributed by atoms with Gasteiger partial charge in [-0.25, -0.2) is 0 Å². The van der Waals surface area contributed by atoms with Crippen molar-refractivity contribution in [2.75, 3.05) is 0 Å². The molecule has 0 amide bonds. The fraction of sp³-hybridized carbons (Fsp3) is 0.0769. The lowest BCUT2D eigenvalue weighted by molar-refractivity contribution is 0.445. The minimum absolute atomic E-state index is 0.0486. The van der Waals surface area contributed by atoms with Gasteiger partial charge in [-0.1, -0.05) is 24.3 Å². The zero-order chi connectivity index (χ0) is 14.0. The number of aryl methyl sites for hydroxylation is 1. The number of rotatable bonds is 0. The first kappa shape index (κ1) is 14.1. The molecule has 0 atom stereocenters.